The predicted octanol–water partition coefficient (Wildman–Crippen LogP) is 1.54. The number of nitrogens with one attached hydrogen (secondary N) is 1. The number of carbonyl (C=O) groups excluding carboxylic acids is 3. The molecule has 0 spiro atoms. The molecule has 1 amide bonds. The monoisotopic (exact) mass is 420 g/mol. The van der Waals surface area contributed by atoms with Gasteiger partial charge in [0.25, 0.3) is 0 Å². The summed E-state index contributed by atoms with van der Waals surface area (Å²) >= 11 is 0. The van der Waals surface area contributed by atoms with Crippen LogP contribution in [0.15, 0.2) is 18.5 Å². The Hall–Kier alpha value is -3.17. The normalized spacial score (nSPS) is 13.0. The van der Waals surface area contributed by atoms with E-state index < -0.39 is 35.1 Å². The van der Waals surface area contributed by atoms with Crippen molar-refractivity contribution in [2.45, 2.75) is 71.6 Å². The van der Waals surface area contributed by atoms with E-state index in [0.29, 0.717) is 5.69 Å². The Morgan fingerprint density at radius 1 is 1.10 bits per heavy atom. The van der Waals surface area contributed by atoms with Crippen molar-refractivity contribution in [3.8, 4) is 5.75 Å². The van der Waals surface area contributed by atoms with Crippen LogP contribution in [0.4, 0.5) is 0 Å². The lowest BCUT2D eigenvalue weighted by Crippen LogP contribution is -2.46. The highest BCUT2D eigenvalue weighted by atomic mass is 16.6. The number of hydrogen-bond acceptors (Lipinski definition) is 8. The zero-order chi connectivity index (χ0) is 22.7. The first-order valence-electron chi connectivity index (χ1n) is 9.50. The van der Waals surface area contributed by atoms with Crippen molar-refractivity contribution in [3.05, 3.63) is 24.2 Å². The molecule has 2 heterocycles. The molecule has 0 unspecified atom stereocenters. The minimum absolute atomic E-state index is 0.0757. The van der Waals surface area contributed by atoms with Crippen LogP contribution in [0.25, 0.3) is 5.65 Å². The van der Waals surface area contributed by atoms with Crippen LogP contribution >= 0.6 is 0 Å². The fourth-order valence-electron chi connectivity index (χ4n) is 2.61. The Balaban J connectivity index is 2.15. The van der Waals surface area contributed by atoms with Gasteiger partial charge in [-0.25, -0.2) is 14.3 Å². The molecule has 2 aromatic rings. The number of hydrogen-bond donors (Lipinski definition) is 2. The summed E-state index contributed by atoms with van der Waals surface area (Å²) in [6, 6.07) is 1.71. The molecule has 1 atom stereocenters. The maximum Gasteiger partial charge on any atom is 0.329 e. The third kappa shape index (κ3) is 6.71. The topological polar surface area (TPSA) is 132 Å². The summed E-state index contributed by atoms with van der Waals surface area (Å²) in [5.41, 5.74) is -0.877. The second kappa shape index (κ2) is 8.68. The van der Waals surface area contributed by atoms with Gasteiger partial charge in [-0.05, 0) is 53.7 Å². The molecule has 0 radical (unpaired) electrons. The first-order chi connectivity index (χ1) is 13.7. The molecule has 0 saturated carbocycles. The van der Waals surface area contributed by atoms with Crippen molar-refractivity contribution in [3.63, 3.8) is 0 Å². The second-order valence-electron chi connectivity index (χ2n) is 8.83. The maximum atomic E-state index is 12.6. The van der Waals surface area contributed by atoms with Gasteiger partial charge in [0.1, 0.15) is 23.6 Å². The van der Waals surface area contributed by atoms with Crippen LogP contribution in [0.2, 0.25) is 0 Å². The number of ether oxygens (including phenoxy) is 2. The van der Waals surface area contributed by atoms with Gasteiger partial charge in [-0.3, -0.25) is 9.59 Å². The van der Waals surface area contributed by atoms with E-state index in [-0.39, 0.29) is 24.2 Å². The van der Waals surface area contributed by atoms with Gasteiger partial charge in [-0.15, -0.1) is 0 Å². The highest BCUT2D eigenvalue weighted by Crippen LogP contribution is 2.17. The molecule has 30 heavy (non-hydrogen) atoms. The standard InChI is InChI=1S/C20H28N4O6/c1-19(2,3)29-16(27)10-13(18(28)30-20(4,5)6)23-15(26)9-12-7-8-14(25)17-21-11-22-24(12)17/h7-8,11,13,25H,9-10H2,1-6H3,(H,23,26)/t13-/m1/s1. The molecule has 0 saturated heterocycles. The molecule has 10 nitrogen and oxygen atoms in total. The molecule has 0 bridgehead atoms. The van der Waals surface area contributed by atoms with Crippen LogP contribution in [0.1, 0.15) is 53.7 Å². The average Bonchev–Trinajstić information content (AvgIpc) is 3.04. The molecule has 0 aliphatic heterocycles. The van der Waals surface area contributed by atoms with Crippen molar-refractivity contribution >= 4 is 23.5 Å². The van der Waals surface area contributed by atoms with Gasteiger partial charge in [0.15, 0.2) is 11.4 Å². The SMILES string of the molecule is CC(C)(C)OC(=O)C[C@@H](NC(=O)Cc1ccc(O)c2ncnn12)C(=O)OC(C)(C)C. The fraction of sp³-hybridized carbons (Fsp3) is 0.550. The molecule has 0 aliphatic carbocycles. The molecule has 2 aromatic heterocycles. The summed E-state index contributed by atoms with van der Waals surface area (Å²) < 4.78 is 11.9. The van der Waals surface area contributed by atoms with Gasteiger partial charge in [0.05, 0.1) is 18.5 Å². The van der Waals surface area contributed by atoms with E-state index in [1.165, 1.54) is 23.0 Å². The number of nitrogens with zero attached hydrogens (tertiary/aromatic N) is 3. The largest absolute Gasteiger partial charge is 0.504 e. The number of amides is 1. The van der Waals surface area contributed by atoms with Crippen molar-refractivity contribution in [1.29, 1.82) is 0 Å². The van der Waals surface area contributed by atoms with Crippen molar-refractivity contribution in [1.82, 2.24) is 19.9 Å². The summed E-state index contributed by atoms with van der Waals surface area (Å²) in [6.07, 6.45) is 0.725. The van der Waals surface area contributed by atoms with Crippen molar-refractivity contribution in [2.24, 2.45) is 0 Å². The molecule has 0 aromatic carbocycles. The summed E-state index contributed by atoms with van der Waals surface area (Å²) in [6.45, 7) is 10.2. The Bertz CT molecular complexity index is 939. The van der Waals surface area contributed by atoms with E-state index in [4.69, 9.17) is 9.47 Å². The van der Waals surface area contributed by atoms with Crippen LogP contribution in [0, 0.1) is 0 Å². The Morgan fingerprint density at radius 2 is 1.73 bits per heavy atom. The van der Waals surface area contributed by atoms with E-state index >= 15 is 0 Å². The third-order valence-electron chi connectivity index (χ3n) is 3.64. The number of carbonyl (C=O) groups is 3. The minimum Gasteiger partial charge on any atom is -0.504 e. The first-order valence-corrected chi connectivity index (χ1v) is 9.50. The number of aromatic nitrogens is 3. The van der Waals surface area contributed by atoms with E-state index in [9.17, 15) is 19.5 Å². The summed E-state index contributed by atoms with van der Waals surface area (Å²) in [7, 11) is 0. The van der Waals surface area contributed by atoms with Crippen LogP contribution in [0.5, 0.6) is 5.75 Å². The zero-order valence-corrected chi connectivity index (χ0v) is 18.1. The van der Waals surface area contributed by atoms with Crippen LogP contribution in [0.3, 0.4) is 0 Å². The van der Waals surface area contributed by atoms with Crippen LogP contribution < -0.4 is 5.32 Å². The first kappa shape index (κ1) is 23.1. The quantitative estimate of drug-likeness (QED) is 0.673. The number of pyridine rings is 1. The lowest BCUT2D eigenvalue weighted by atomic mass is 10.1. The molecule has 2 rings (SSSR count). The fourth-order valence-corrected chi connectivity index (χ4v) is 2.61. The van der Waals surface area contributed by atoms with Crippen molar-refractivity contribution < 1.29 is 29.0 Å². The maximum absolute atomic E-state index is 12.6. The summed E-state index contributed by atoms with van der Waals surface area (Å²) in [4.78, 5) is 41.3. The number of fused-ring (bicyclic) bond motifs is 1. The van der Waals surface area contributed by atoms with Gasteiger partial charge < -0.3 is 19.9 Å². The molecular formula is C20H28N4O6. The van der Waals surface area contributed by atoms with Gasteiger partial charge in [-0.2, -0.15) is 5.10 Å². The third-order valence-corrected chi connectivity index (χ3v) is 3.64. The average molecular weight is 420 g/mol. The highest BCUT2D eigenvalue weighted by molar-refractivity contribution is 5.89. The number of rotatable bonds is 6. The van der Waals surface area contributed by atoms with Crippen LogP contribution in [-0.2, 0) is 30.3 Å². The lowest BCUT2D eigenvalue weighted by molar-refractivity contribution is -0.165. The van der Waals surface area contributed by atoms with E-state index in [0.717, 1.165) is 0 Å². The van der Waals surface area contributed by atoms with Gasteiger partial charge in [-0.1, -0.05) is 0 Å². The number of aromatic hydroxyl groups is 1. The molecule has 0 aliphatic rings. The molecule has 2 N–H and O–H groups in total. The van der Waals surface area contributed by atoms with E-state index in [1.807, 2.05) is 0 Å². The molecule has 0 fully saturated rings. The molecule has 164 valence electrons. The highest BCUT2D eigenvalue weighted by Gasteiger charge is 2.31. The minimum atomic E-state index is -1.21. The lowest BCUT2D eigenvalue weighted by Gasteiger charge is -2.25. The summed E-state index contributed by atoms with van der Waals surface area (Å²) in [5, 5.41) is 16.3. The van der Waals surface area contributed by atoms with Gasteiger partial charge in [0, 0.05) is 0 Å². The van der Waals surface area contributed by atoms with Crippen molar-refractivity contribution in [2.75, 3.05) is 0 Å². The smallest absolute Gasteiger partial charge is 0.329 e. The van der Waals surface area contributed by atoms with E-state index in [2.05, 4.69) is 15.4 Å². The Morgan fingerprint density at radius 3 is 2.33 bits per heavy atom. The molecule has 10 heteroatoms. The van der Waals surface area contributed by atoms with E-state index in [1.54, 1.807) is 41.5 Å². The second-order valence-corrected chi connectivity index (χ2v) is 8.83. The van der Waals surface area contributed by atoms with Gasteiger partial charge >= 0.3 is 11.9 Å². The Kier molecular flexibility index (Phi) is 6.69. The van der Waals surface area contributed by atoms with Gasteiger partial charge in [0.2, 0.25) is 5.91 Å². The van der Waals surface area contributed by atoms with Crippen LogP contribution in [-0.4, -0.2) is 54.8 Å². The Labute approximate surface area is 174 Å². The zero-order valence-electron chi connectivity index (χ0n) is 18.1. The molecular weight excluding hydrogens is 392 g/mol. The predicted molar refractivity (Wildman–Crippen MR) is 107 cm³/mol. The summed E-state index contributed by atoms with van der Waals surface area (Å²) in [5.74, 6) is -1.98. The number of esters is 2.